The third-order valence-corrected chi connectivity index (χ3v) is 7.61. The summed E-state index contributed by atoms with van der Waals surface area (Å²) in [6, 6.07) is 7.80. The lowest BCUT2D eigenvalue weighted by atomic mass is 9.49. The predicted octanol–water partition coefficient (Wildman–Crippen LogP) is 3.50. The van der Waals surface area contributed by atoms with Crippen molar-refractivity contribution in [3.8, 4) is 0 Å². The molecule has 0 spiro atoms. The van der Waals surface area contributed by atoms with E-state index >= 15 is 0 Å². The normalized spacial score (nSPS) is 34.8. The van der Waals surface area contributed by atoms with Gasteiger partial charge in [0, 0.05) is 31.7 Å². The summed E-state index contributed by atoms with van der Waals surface area (Å²) < 4.78 is 0. The highest BCUT2D eigenvalue weighted by atomic mass is 16.2. The second-order valence-electron chi connectivity index (χ2n) is 9.65. The maximum Gasteiger partial charge on any atom is 0.253 e. The van der Waals surface area contributed by atoms with Gasteiger partial charge in [-0.15, -0.1) is 0 Å². The van der Waals surface area contributed by atoms with E-state index in [0.717, 1.165) is 48.1 Å². The van der Waals surface area contributed by atoms with Crippen LogP contribution in [0.4, 0.5) is 0 Å². The molecule has 4 heteroatoms. The lowest BCUT2D eigenvalue weighted by molar-refractivity contribution is -0.159. The predicted molar refractivity (Wildman–Crippen MR) is 104 cm³/mol. The molecule has 4 bridgehead atoms. The molecule has 144 valence electrons. The van der Waals surface area contributed by atoms with E-state index in [1.165, 1.54) is 19.3 Å². The molecule has 6 rings (SSSR count). The van der Waals surface area contributed by atoms with E-state index in [0.29, 0.717) is 32.1 Å². The van der Waals surface area contributed by atoms with Gasteiger partial charge in [-0.05, 0) is 75.3 Å². The van der Waals surface area contributed by atoms with E-state index in [2.05, 4.69) is 4.90 Å². The van der Waals surface area contributed by atoms with E-state index in [-0.39, 0.29) is 11.3 Å². The number of nitrogens with zero attached hydrogens (tertiary/aromatic N) is 2. The zero-order valence-corrected chi connectivity index (χ0v) is 16.3. The lowest BCUT2D eigenvalue weighted by Gasteiger charge is -2.57. The number of hydrogen-bond acceptors (Lipinski definition) is 2. The Morgan fingerprint density at radius 2 is 1.44 bits per heavy atom. The Hall–Kier alpha value is -1.84. The molecule has 0 atom stereocenters. The van der Waals surface area contributed by atoms with Gasteiger partial charge in [0.1, 0.15) is 0 Å². The molecule has 5 fully saturated rings. The van der Waals surface area contributed by atoms with E-state index in [9.17, 15) is 9.59 Å². The van der Waals surface area contributed by atoms with Crippen LogP contribution in [0.15, 0.2) is 24.3 Å². The van der Waals surface area contributed by atoms with Crippen LogP contribution >= 0.6 is 0 Å². The van der Waals surface area contributed by atoms with Crippen LogP contribution in [0, 0.1) is 30.1 Å². The van der Waals surface area contributed by atoms with Crippen LogP contribution in [0.5, 0.6) is 0 Å². The first kappa shape index (κ1) is 17.3. The average molecular weight is 367 g/mol. The highest BCUT2D eigenvalue weighted by molar-refractivity contribution is 5.94. The molecule has 0 aromatic heterocycles. The third-order valence-electron chi connectivity index (χ3n) is 7.61. The molecule has 1 saturated heterocycles. The summed E-state index contributed by atoms with van der Waals surface area (Å²) in [4.78, 5) is 30.2. The Morgan fingerprint density at radius 1 is 0.889 bits per heavy atom. The molecule has 1 aromatic rings. The summed E-state index contributed by atoms with van der Waals surface area (Å²) in [6.07, 6.45) is 7.47. The molecule has 1 aromatic carbocycles. The van der Waals surface area contributed by atoms with E-state index in [4.69, 9.17) is 0 Å². The standard InChI is InChI=1S/C23H30N2O2/c1-16-3-2-4-20(9-16)21(26)24-5-7-25(8-6-24)22(27)23-13-17-10-18(14-23)12-19(11-17)15-23/h2-4,9,17-19H,5-8,10-15H2,1H3. The van der Waals surface area contributed by atoms with Crippen molar-refractivity contribution in [2.45, 2.75) is 45.4 Å². The van der Waals surface area contributed by atoms with Crippen molar-refractivity contribution >= 4 is 11.8 Å². The maximum absolute atomic E-state index is 13.5. The number of benzene rings is 1. The second-order valence-corrected chi connectivity index (χ2v) is 9.65. The smallest absolute Gasteiger partial charge is 0.253 e. The SMILES string of the molecule is Cc1cccc(C(=O)N2CCN(C(=O)C34CC5CC(CC(C5)C3)C4)CC2)c1. The number of carbonyl (C=O) groups excluding carboxylic acids is 2. The fourth-order valence-electron chi connectivity index (χ4n) is 6.78. The van der Waals surface area contributed by atoms with E-state index < -0.39 is 0 Å². The summed E-state index contributed by atoms with van der Waals surface area (Å²) in [5.41, 5.74) is 1.81. The molecule has 2 amide bonds. The first-order valence-corrected chi connectivity index (χ1v) is 10.7. The average Bonchev–Trinajstić information content (AvgIpc) is 2.66. The lowest BCUT2D eigenvalue weighted by Crippen LogP contribution is -2.58. The summed E-state index contributed by atoms with van der Waals surface area (Å²) in [5.74, 6) is 2.89. The van der Waals surface area contributed by atoms with Crippen molar-refractivity contribution in [2.24, 2.45) is 23.2 Å². The monoisotopic (exact) mass is 366 g/mol. The van der Waals surface area contributed by atoms with Gasteiger partial charge in [-0.25, -0.2) is 0 Å². The van der Waals surface area contributed by atoms with Crippen LogP contribution in [0.3, 0.4) is 0 Å². The highest BCUT2D eigenvalue weighted by Crippen LogP contribution is 2.60. The number of hydrogen-bond donors (Lipinski definition) is 0. The van der Waals surface area contributed by atoms with Gasteiger partial charge in [-0.2, -0.15) is 0 Å². The Labute approximate surface area is 161 Å². The van der Waals surface area contributed by atoms with Crippen molar-refractivity contribution in [1.82, 2.24) is 9.80 Å². The van der Waals surface area contributed by atoms with Gasteiger partial charge < -0.3 is 9.80 Å². The van der Waals surface area contributed by atoms with Crippen LogP contribution in [0.2, 0.25) is 0 Å². The second kappa shape index (κ2) is 6.35. The molecular weight excluding hydrogens is 336 g/mol. The van der Waals surface area contributed by atoms with Gasteiger partial charge in [-0.1, -0.05) is 17.7 Å². The zero-order valence-electron chi connectivity index (χ0n) is 16.3. The van der Waals surface area contributed by atoms with E-state index in [1.54, 1.807) is 0 Å². The third kappa shape index (κ3) is 2.97. The summed E-state index contributed by atoms with van der Waals surface area (Å²) >= 11 is 0. The fraction of sp³-hybridized carbons (Fsp3) is 0.652. The molecule has 0 N–H and O–H groups in total. The number of carbonyl (C=O) groups is 2. The van der Waals surface area contributed by atoms with Gasteiger partial charge in [-0.3, -0.25) is 9.59 Å². The van der Waals surface area contributed by atoms with Crippen LogP contribution < -0.4 is 0 Å². The Bertz CT molecular complexity index is 728. The molecule has 5 aliphatic rings. The first-order valence-electron chi connectivity index (χ1n) is 10.7. The largest absolute Gasteiger partial charge is 0.339 e. The molecule has 4 saturated carbocycles. The molecule has 4 aliphatic carbocycles. The quantitative estimate of drug-likeness (QED) is 0.804. The molecule has 4 nitrogen and oxygen atoms in total. The Kier molecular flexibility index (Phi) is 4.06. The van der Waals surface area contributed by atoms with Crippen molar-refractivity contribution in [1.29, 1.82) is 0 Å². The maximum atomic E-state index is 13.5. The topological polar surface area (TPSA) is 40.6 Å². The minimum Gasteiger partial charge on any atom is -0.339 e. The van der Waals surface area contributed by atoms with Crippen molar-refractivity contribution in [3.05, 3.63) is 35.4 Å². The molecule has 1 heterocycles. The van der Waals surface area contributed by atoms with Gasteiger partial charge in [0.15, 0.2) is 0 Å². The molecule has 27 heavy (non-hydrogen) atoms. The zero-order chi connectivity index (χ0) is 18.6. The highest BCUT2D eigenvalue weighted by Gasteiger charge is 2.55. The Morgan fingerprint density at radius 3 is 2.00 bits per heavy atom. The van der Waals surface area contributed by atoms with E-state index in [1.807, 2.05) is 36.1 Å². The number of rotatable bonds is 2. The Balaban J connectivity index is 1.24. The fourth-order valence-corrected chi connectivity index (χ4v) is 6.78. The molecular formula is C23H30N2O2. The van der Waals surface area contributed by atoms with Gasteiger partial charge in [0.25, 0.3) is 5.91 Å². The molecule has 0 unspecified atom stereocenters. The van der Waals surface area contributed by atoms with Gasteiger partial charge in [0.2, 0.25) is 5.91 Å². The number of aryl methyl sites for hydroxylation is 1. The molecule has 1 aliphatic heterocycles. The van der Waals surface area contributed by atoms with Crippen molar-refractivity contribution in [3.63, 3.8) is 0 Å². The summed E-state index contributed by atoms with van der Waals surface area (Å²) in [5, 5.41) is 0. The van der Waals surface area contributed by atoms with Crippen LogP contribution in [-0.4, -0.2) is 47.8 Å². The summed E-state index contributed by atoms with van der Waals surface area (Å²) in [6.45, 7) is 4.71. The molecule has 0 radical (unpaired) electrons. The number of amides is 2. The minimum absolute atomic E-state index is 0.0581. The summed E-state index contributed by atoms with van der Waals surface area (Å²) in [7, 11) is 0. The first-order chi connectivity index (χ1) is 13.0. The number of piperazine rings is 1. The van der Waals surface area contributed by atoms with Crippen molar-refractivity contribution < 1.29 is 9.59 Å². The van der Waals surface area contributed by atoms with Gasteiger partial charge >= 0.3 is 0 Å². The minimum atomic E-state index is -0.0581. The van der Waals surface area contributed by atoms with Crippen LogP contribution in [-0.2, 0) is 4.79 Å². The van der Waals surface area contributed by atoms with Gasteiger partial charge in [0.05, 0.1) is 5.41 Å². The van der Waals surface area contributed by atoms with Crippen molar-refractivity contribution in [2.75, 3.05) is 26.2 Å². The van der Waals surface area contributed by atoms with Crippen LogP contribution in [0.25, 0.3) is 0 Å². The van der Waals surface area contributed by atoms with Crippen LogP contribution in [0.1, 0.15) is 54.4 Å².